The number of likely N-dealkylation sites (tertiary alicyclic amines) is 1. The number of nitrogens with zero attached hydrogens (tertiary/aromatic N) is 1. The van der Waals surface area contributed by atoms with E-state index >= 15 is 0 Å². The molecule has 1 fully saturated rings. The molecule has 0 amide bonds. The fourth-order valence-corrected chi connectivity index (χ4v) is 4.24. The van der Waals surface area contributed by atoms with E-state index in [1.807, 2.05) is 0 Å². The minimum Gasteiger partial charge on any atom is -0.481 e. The van der Waals surface area contributed by atoms with Gasteiger partial charge in [-0.05, 0) is 48.7 Å². The standard InChI is InChI=1S/C13H18BrNO2S/c1-8-3-4-10(13(16)17)6-15(8)7-12-11(14)5-9(2)18-12/h5,8,10H,3-4,6-7H2,1-2H3,(H,16,17). The van der Waals surface area contributed by atoms with E-state index in [1.165, 1.54) is 9.75 Å². The van der Waals surface area contributed by atoms with Gasteiger partial charge in [-0.3, -0.25) is 9.69 Å². The number of hydrogen-bond donors (Lipinski definition) is 1. The van der Waals surface area contributed by atoms with Crippen LogP contribution in [-0.2, 0) is 11.3 Å². The van der Waals surface area contributed by atoms with Crippen LogP contribution in [0.2, 0.25) is 0 Å². The number of aliphatic carboxylic acids is 1. The van der Waals surface area contributed by atoms with Crippen molar-refractivity contribution in [3.8, 4) is 0 Å². The van der Waals surface area contributed by atoms with Crippen molar-refractivity contribution >= 4 is 33.2 Å². The van der Waals surface area contributed by atoms with E-state index in [2.05, 4.69) is 40.7 Å². The number of aryl methyl sites for hydroxylation is 1. The first-order valence-electron chi connectivity index (χ1n) is 6.19. The lowest BCUT2D eigenvalue weighted by Gasteiger charge is -2.36. The molecule has 0 aliphatic carbocycles. The minimum absolute atomic E-state index is 0.207. The van der Waals surface area contributed by atoms with Gasteiger partial charge in [-0.15, -0.1) is 11.3 Å². The molecule has 3 nitrogen and oxygen atoms in total. The average molecular weight is 332 g/mol. The molecule has 2 unspecified atom stereocenters. The number of piperidine rings is 1. The predicted octanol–water partition coefficient (Wildman–Crippen LogP) is 3.50. The third kappa shape index (κ3) is 3.13. The molecule has 1 aromatic rings. The van der Waals surface area contributed by atoms with Crippen molar-refractivity contribution in [2.45, 2.75) is 39.3 Å². The van der Waals surface area contributed by atoms with Crippen LogP contribution in [0.15, 0.2) is 10.5 Å². The Bertz CT molecular complexity index is 446. The summed E-state index contributed by atoms with van der Waals surface area (Å²) in [7, 11) is 0. The van der Waals surface area contributed by atoms with Gasteiger partial charge >= 0.3 is 5.97 Å². The highest BCUT2D eigenvalue weighted by Crippen LogP contribution is 2.31. The molecule has 0 spiro atoms. The summed E-state index contributed by atoms with van der Waals surface area (Å²) in [5.41, 5.74) is 0. The van der Waals surface area contributed by atoms with E-state index in [-0.39, 0.29) is 5.92 Å². The summed E-state index contributed by atoms with van der Waals surface area (Å²) in [6.45, 7) is 5.80. The fraction of sp³-hybridized carbons (Fsp3) is 0.615. The maximum Gasteiger partial charge on any atom is 0.307 e. The van der Waals surface area contributed by atoms with Crippen molar-refractivity contribution in [3.63, 3.8) is 0 Å². The van der Waals surface area contributed by atoms with E-state index in [0.717, 1.165) is 23.9 Å². The molecule has 1 aliphatic heterocycles. The van der Waals surface area contributed by atoms with Crippen LogP contribution in [0.5, 0.6) is 0 Å². The van der Waals surface area contributed by atoms with Gasteiger partial charge in [0.2, 0.25) is 0 Å². The quantitative estimate of drug-likeness (QED) is 0.921. The molecule has 0 aromatic carbocycles. The van der Waals surface area contributed by atoms with Gasteiger partial charge < -0.3 is 5.11 Å². The first kappa shape index (κ1) is 14.0. The largest absolute Gasteiger partial charge is 0.481 e. The summed E-state index contributed by atoms with van der Waals surface area (Å²) < 4.78 is 1.15. The predicted molar refractivity (Wildman–Crippen MR) is 77.0 cm³/mol. The average Bonchev–Trinajstić information content (AvgIpc) is 2.60. The van der Waals surface area contributed by atoms with Crippen molar-refractivity contribution < 1.29 is 9.90 Å². The SMILES string of the molecule is Cc1cc(Br)c(CN2CC(C(=O)O)CCC2C)s1. The molecule has 0 bridgehead atoms. The van der Waals surface area contributed by atoms with Gasteiger partial charge in [0, 0.05) is 33.4 Å². The van der Waals surface area contributed by atoms with Gasteiger partial charge in [0.1, 0.15) is 0 Å². The van der Waals surface area contributed by atoms with Crippen molar-refractivity contribution in [1.82, 2.24) is 4.90 Å². The summed E-state index contributed by atoms with van der Waals surface area (Å²) >= 11 is 5.36. The van der Waals surface area contributed by atoms with Crippen LogP contribution in [-0.4, -0.2) is 28.6 Å². The molecule has 1 N–H and O–H groups in total. The summed E-state index contributed by atoms with van der Waals surface area (Å²) in [6.07, 6.45) is 1.77. The smallest absolute Gasteiger partial charge is 0.307 e. The normalized spacial score (nSPS) is 25.3. The number of halogens is 1. The van der Waals surface area contributed by atoms with Crippen molar-refractivity contribution in [3.05, 3.63) is 20.3 Å². The van der Waals surface area contributed by atoms with Crippen LogP contribution in [0.3, 0.4) is 0 Å². The van der Waals surface area contributed by atoms with Crippen LogP contribution in [0, 0.1) is 12.8 Å². The van der Waals surface area contributed by atoms with Crippen LogP contribution < -0.4 is 0 Å². The Kier molecular flexibility index (Phi) is 4.45. The molecule has 2 atom stereocenters. The Morgan fingerprint density at radius 2 is 2.33 bits per heavy atom. The molecule has 1 aromatic heterocycles. The highest BCUT2D eigenvalue weighted by molar-refractivity contribution is 9.10. The molecule has 2 rings (SSSR count). The van der Waals surface area contributed by atoms with Gasteiger partial charge in [0.25, 0.3) is 0 Å². The zero-order valence-electron chi connectivity index (χ0n) is 10.6. The van der Waals surface area contributed by atoms with Gasteiger partial charge in [0.05, 0.1) is 5.92 Å². The number of rotatable bonds is 3. The minimum atomic E-state index is -0.659. The molecule has 100 valence electrons. The number of carboxylic acid groups (broad SMARTS) is 1. The Morgan fingerprint density at radius 3 is 2.89 bits per heavy atom. The van der Waals surface area contributed by atoms with Crippen molar-refractivity contribution in [1.29, 1.82) is 0 Å². The third-order valence-electron chi connectivity index (χ3n) is 3.59. The summed E-state index contributed by atoms with van der Waals surface area (Å²) in [5.74, 6) is -0.866. The van der Waals surface area contributed by atoms with Gasteiger partial charge in [-0.2, -0.15) is 0 Å². The highest BCUT2D eigenvalue weighted by Gasteiger charge is 2.30. The second kappa shape index (κ2) is 5.72. The van der Waals surface area contributed by atoms with E-state index < -0.39 is 5.97 Å². The summed E-state index contributed by atoms with van der Waals surface area (Å²) in [5, 5.41) is 9.13. The van der Waals surface area contributed by atoms with Crippen molar-refractivity contribution in [2.75, 3.05) is 6.54 Å². The molecular weight excluding hydrogens is 314 g/mol. The van der Waals surface area contributed by atoms with Crippen molar-refractivity contribution in [2.24, 2.45) is 5.92 Å². The maximum absolute atomic E-state index is 11.1. The molecule has 5 heteroatoms. The Morgan fingerprint density at radius 1 is 1.61 bits per heavy atom. The monoisotopic (exact) mass is 331 g/mol. The first-order valence-corrected chi connectivity index (χ1v) is 7.80. The van der Waals surface area contributed by atoms with Gasteiger partial charge in [-0.25, -0.2) is 0 Å². The van der Waals surface area contributed by atoms with Crippen LogP contribution in [0.25, 0.3) is 0 Å². The number of thiophene rings is 1. The zero-order valence-corrected chi connectivity index (χ0v) is 13.1. The lowest BCUT2D eigenvalue weighted by molar-refractivity contribution is -0.144. The van der Waals surface area contributed by atoms with Gasteiger partial charge in [-0.1, -0.05) is 0 Å². The van der Waals surface area contributed by atoms with E-state index in [4.69, 9.17) is 5.11 Å². The lowest BCUT2D eigenvalue weighted by atomic mass is 9.93. The van der Waals surface area contributed by atoms with Crippen LogP contribution in [0.4, 0.5) is 0 Å². The number of hydrogen-bond acceptors (Lipinski definition) is 3. The molecule has 2 heterocycles. The van der Waals surface area contributed by atoms with E-state index in [0.29, 0.717) is 12.6 Å². The van der Waals surface area contributed by atoms with Gasteiger partial charge in [0.15, 0.2) is 0 Å². The lowest BCUT2D eigenvalue weighted by Crippen LogP contribution is -2.43. The zero-order chi connectivity index (χ0) is 13.3. The maximum atomic E-state index is 11.1. The summed E-state index contributed by atoms with van der Waals surface area (Å²) in [4.78, 5) is 16.0. The molecule has 18 heavy (non-hydrogen) atoms. The Balaban J connectivity index is 2.07. The number of carbonyl (C=O) groups is 1. The van der Waals surface area contributed by atoms with E-state index in [1.54, 1.807) is 11.3 Å². The Hall–Kier alpha value is -0.390. The number of carboxylic acids is 1. The molecule has 1 aliphatic rings. The molecule has 1 saturated heterocycles. The first-order chi connectivity index (χ1) is 8.47. The fourth-order valence-electron chi connectivity index (χ4n) is 2.42. The topological polar surface area (TPSA) is 40.5 Å². The second-order valence-corrected chi connectivity index (χ2v) is 7.21. The molecule has 0 radical (unpaired) electrons. The van der Waals surface area contributed by atoms with Crippen LogP contribution in [0.1, 0.15) is 29.5 Å². The highest BCUT2D eigenvalue weighted by atomic mass is 79.9. The summed E-state index contributed by atoms with van der Waals surface area (Å²) in [6, 6.07) is 2.60. The second-order valence-electron chi connectivity index (χ2n) is 5.02. The third-order valence-corrected chi connectivity index (χ3v) is 5.59. The van der Waals surface area contributed by atoms with E-state index in [9.17, 15) is 4.79 Å². The Labute approximate surface area is 120 Å². The molecule has 0 saturated carbocycles. The molecular formula is C13H18BrNO2S. The van der Waals surface area contributed by atoms with Crippen LogP contribution >= 0.6 is 27.3 Å².